The Bertz CT molecular complexity index is 1170. The molecule has 0 fully saturated rings. The van der Waals surface area contributed by atoms with E-state index in [1.165, 1.54) is 17.3 Å². The molecule has 1 heterocycles. The number of anilines is 1. The first-order chi connectivity index (χ1) is 16.2. The van der Waals surface area contributed by atoms with E-state index in [-0.39, 0.29) is 18.3 Å². The number of rotatable bonds is 10. The van der Waals surface area contributed by atoms with Crippen LogP contribution in [-0.4, -0.2) is 26.4 Å². The van der Waals surface area contributed by atoms with Crippen LogP contribution >= 0.6 is 27.7 Å². The van der Waals surface area contributed by atoms with Crippen LogP contribution in [0, 0.1) is 20.8 Å². The maximum atomic E-state index is 12.7. The van der Waals surface area contributed by atoms with Gasteiger partial charge in [0.25, 0.3) is 0 Å². The fourth-order valence-corrected chi connectivity index (χ4v) is 4.92. The molecule has 0 unspecified atom stereocenters. The molecule has 0 saturated carbocycles. The number of carbonyl (C=O) groups is 1. The summed E-state index contributed by atoms with van der Waals surface area (Å²) in [5.41, 5.74) is 5.28. The van der Waals surface area contributed by atoms with Gasteiger partial charge in [0, 0.05) is 16.7 Å². The lowest BCUT2D eigenvalue weighted by Gasteiger charge is -2.15. The van der Waals surface area contributed by atoms with Gasteiger partial charge in [0.15, 0.2) is 11.0 Å². The highest BCUT2D eigenvalue weighted by molar-refractivity contribution is 9.10. The van der Waals surface area contributed by atoms with E-state index in [1.54, 1.807) is 6.08 Å². The van der Waals surface area contributed by atoms with Crippen LogP contribution in [0.1, 0.15) is 47.8 Å². The molecule has 3 rings (SSSR count). The van der Waals surface area contributed by atoms with Gasteiger partial charge >= 0.3 is 0 Å². The number of allylic oxidation sites excluding steroid dienone is 1. The Kier molecular flexibility index (Phi) is 8.97. The molecule has 0 aliphatic carbocycles. The molecular weight excluding hydrogens is 512 g/mol. The van der Waals surface area contributed by atoms with E-state index in [1.807, 2.05) is 30.5 Å². The summed E-state index contributed by atoms with van der Waals surface area (Å²) < 4.78 is 9.06. The highest BCUT2D eigenvalue weighted by Gasteiger charge is 2.16. The van der Waals surface area contributed by atoms with Gasteiger partial charge in [0.05, 0.1) is 5.75 Å². The summed E-state index contributed by atoms with van der Waals surface area (Å²) in [4.78, 5) is 12.7. The third-order valence-corrected chi connectivity index (χ3v) is 6.79. The quantitative estimate of drug-likeness (QED) is 0.231. The maximum absolute atomic E-state index is 12.7. The molecule has 0 radical (unpaired) electrons. The predicted molar refractivity (Wildman–Crippen MR) is 143 cm³/mol. The number of benzene rings is 2. The van der Waals surface area contributed by atoms with Crippen LogP contribution in [0.2, 0.25) is 0 Å². The van der Waals surface area contributed by atoms with Crippen molar-refractivity contribution in [3.63, 3.8) is 0 Å². The Morgan fingerprint density at radius 1 is 1.21 bits per heavy atom. The van der Waals surface area contributed by atoms with Gasteiger partial charge < -0.3 is 10.1 Å². The molecule has 34 heavy (non-hydrogen) atoms. The van der Waals surface area contributed by atoms with Gasteiger partial charge in [-0.15, -0.1) is 16.8 Å². The van der Waals surface area contributed by atoms with Crippen molar-refractivity contribution in [2.45, 2.75) is 58.8 Å². The largest absolute Gasteiger partial charge is 0.485 e. The smallest absolute Gasteiger partial charge is 0.234 e. The third kappa shape index (κ3) is 6.51. The molecule has 0 saturated heterocycles. The van der Waals surface area contributed by atoms with Crippen molar-refractivity contribution in [3.05, 3.63) is 75.5 Å². The second-order valence-electron chi connectivity index (χ2n) is 8.53. The lowest BCUT2D eigenvalue weighted by molar-refractivity contribution is -0.113. The molecule has 3 aromatic rings. The van der Waals surface area contributed by atoms with Crippen molar-refractivity contribution in [3.8, 4) is 5.75 Å². The zero-order valence-corrected chi connectivity index (χ0v) is 22.7. The lowest BCUT2D eigenvalue weighted by atomic mass is 10.0. The number of hydrogen-bond acceptors (Lipinski definition) is 5. The maximum Gasteiger partial charge on any atom is 0.234 e. The number of aromatic nitrogens is 3. The average molecular weight is 544 g/mol. The Balaban J connectivity index is 1.68. The van der Waals surface area contributed by atoms with Gasteiger partial charge in [0.1, 0.15) is 12.4 Å². The van der Waals surface area contributed by atoms with Gasteiger partial charge in [-0.2, -0.15) is 0 Å². The van der Waals surface area contributed by atoms with Crippen LogP contribution in [0.3, 0.4) is 0 Å². The van der Waals surface area contributed by atoms with Crippen LogP contribution in [-0.2, 0) is 17.9 Å². The molecule has 0 bridgehead atoms. The van der Waals surface area contributed by atoms with Crippen molar-refractivity contribution in [2.75, 3.05) is 11.1 Å². The number of ether oxygens (including phenoxy) is 1. The van der Waals surface area contributed by atoms with Crippen molar-refractivity contribution < 1.29 is 9.53 Å². The molecular formula is C26H31BrN4O2S. The van der Waals surface area contributed by atoms with E-state index >= 15 is 0 Å². The van der Waals surface area contributed by atoms with E-state index in [2.05, 4.69) is 77.0 Å². The fourth-order valence-electron chi connectivity index (χ4n) is 3.77. The molecule has 1 N–H and O–H groups in total. The zero-order chi connectivity index (χ0) is 24.8. The number of aryl methyl sites for hydroxylation is 3. The minimum atomic E-state index is -0.0811. The van der Waals surface area contributed by atoms with Crippen LogP contribution in [0.4, 0.5) is 5.69 Å². The van der Waals surface area contributed by atoms with Gasteiger partial charge in [-0.3, -0.25) is 9.36 Å². The Labute approximate surface area is 214 Å². The fraction of sp³-hybridized carbons (Fsp3) is 0.346. The number of hydrogen-bond donors (Lipinski definition) is 1. The van der Waals surface area contributed by atoms with E-state index in [9.17, 15) is 4.79 Å². The van der Waals surface area contributed by atoms with Crippen LogP contribution < -0.4 is 10.1 Å². The number of nitrogens with zero attached hydrogens (tertiary/aromatic N) is 3. The first kappa shape index (κ1) is 26.0. The highest BCUT2D eigenvalue weighted by Crippen LogP contribution is 2.30. The molecule has 180 valence electrons. The predicted octanol–water partition coefficient (Wildman–Crippen LogP) is 6.59. The summed E-state index contributed by atoms with van der Waals surface area (Å²) in [5, 5.41) is 12.3. The highest BCUT2D eigenvalue weighted by atomic mass is 79.9. The monoisotopic (exact) mass is 542 g/mol. The lowest BCUT2D eigenvalue weighted by Crippen LogP contribution is -2.16. The molecule has 0 aliphatic heterocycles. The summed E-state index contributed by atoms with van der Waals surface area (Å²) in [6.07, 6.45) is 1.79. The summed E-state index contributed by atoms with van der Waals surface area (Å²) in [7, 11) is 0. The number of thioether (sulfide) groups is 1. The molecule has 0 aliphatic rings. The first-order valence-electron chi connectivity index (χ1n) is 11.1. The number of amides is 1. The normalized spacial score (nSPS) is 11.0. The third-order valence-electron chi connectivity index (χ3n) is 5.33. The van der Waals surface area contributed by atoms with Gasteiger partial charge in [-0.25, -0.2) is 0 Å². The molecule has 0 spiro atoms. The molecule has 1 amide bonds. The van der Waals surface area contributed by atoms with Crippen molar-refractivity contribution in [2.24, 2.45) is 0 Å². The van der Waals surface area contributed by atoms with Gasteiger partial charge in [-0.1, -0.05) is 65.3 Å². The zero-order valence-electron chi connectivity index (χ0n) is 20.3. The molecule has 2 aromatic carbocycles. The number of carbonyl (C=O) groups excluding carboxylic acids is 1. The molecule has 8 heteroatoms. The van der Waals surface area contributed by atoms with Crippen molar-refractivity contribution >= 4 is 39.3 Å². The van der Waals surface area contributed by atoms with Crippen molar-refractivity contribution in [1.29, 1.82) is 0 Å². The minimum Gasteiger partial charge on any atom is -0.485 e. The second-order valence-corrected chi connectivity index (χ2v) is 10.4. The standard InChI is InChI=1S/C26H31BrN4O2S/c1-7-10-31-23(14-33-22-9-8-20(27)13-21(22)16(2)3)29-30-26(31)34-15-24(32)28-25-18(5)11-17(4)12-19(25)6/h7-9,11-13,16H,1,10,14-15H2,2-6H3,(H,28,32). The second kappa shape index (κ2) is 11.7. The minimum absolute atomic E-state index is 0.0811. The summed E-state index contributed by atoms with van der Waals surface area (Å²) in [6, 6.07) is 10.1. The van der Waals surface area contributed by atoms with Crippen LogP contribution in [0.15, 0.2) is 52.6 Å². The Hall–Kier alpha value is -2.58. The van der Waals surface area contributed by atoms with E-state index in [0.717, 1.165) is 32.6 Å². The summed E-state index contributed by atoms with van der Waals surface area (Å²) in [6.45, 7) is 15.0. The van der Waals surface area contributed by atoms with Gasteiger partial charge in [0.2, 0.25) is 5.91 Å². The summed E-state index contributed by atoms with van der Waals surface area (Å²) >= 11 is 4.88. The average Bonchev–Trinajstić information content (AvgIpc) is 3.15. The SMILES string of the molecule is C=CCn1c(COc2ccc(Br)cc2C(C)C)nnc1SCC(=O)Nc1c(C)cc(C)cc1C. The molecule has 0 atom stereocenters. The van der Waals surface area contributed by atoms with E-state index in [0.29, 0.717) is 23.4 Å². The topological polar surface area (TPSA) is 69.0 Å². The molecule has 1 aromatic heterocycles. The van der Waals surface area contributed by atoms with Crippen LogP contribution in [0.5, 0.6) is 5.75 Å². The number of nitrogens with one attached hydrogen (secondary N) is 1. The number of halogens is 1. The summed E-state index contributed by atoms with van der Waals surface area (Å²) in [5.74, 6) is 1.98. The Morgan fingerprint density at radius 2 is 1.91 bits per heavy atom. The first-order valence-corrected chi connectivity index (χ1v) is 12.9. The van der Waals surface area contributed by atoms with Crippen molar-refractivity contribution in [1.82, 2.24) is 14.8 Å². The Morgan fingerprint density at radius 3 is 2.56 bits per heavy atom. The van der Waals surface area contributed by atoms with Crippen LogP contribution in [0.25, 0.3) is 0 Å². The van der Waals surface area contributed by atoms with E-state index in [4.69, 9.17) is 4.74 Å². The van der Waals surface area contributed by atoms with Gasteiger partial charge in [-0.05, 0) is 61.6 Å². The van der Waals surface area contributed by atoms with E-state index < -0.39 is 0 Å². The molecule has 6 nitrogen and oxygen atoms in total.